The summed E-state index contributed by atoms with van der Waals surface area (Å²) in [5.74, 6) is 0.624. The van der Waals surface area contributed by atoms with Crippen LogP contribution in [0.2, 0.25) is 0 Å². The molecule has 3 heterocycles. The van der Waals surface area contributed by atoms with Crippen LogP contribution >= 0.6 is 23.1 Å². The predicted octanol–water partition coefficient (Wildman–Crippen LogP) is 3.65. The van der Waals surface area contributed by atoms with E-state index in [4.69, 9.17) is 0 Å². The van der Waals surface area contributed by atoms with Gasteiger partial charge in [-0.25, -0.2) is 9.97 Å². The number of rotatable bonds is 5. The number of hydrogen-bond donors (Lipinski definition) is 1. The van der Waals surface area contributed by atoms with Gasteiger partial charge in [-0.2, -0.15) is 0 Å². The van der Waals surface area contributed by atoms with Crippen LogP contribution in [0.4, 0.5) is 0 Å². The highest BCUT2D eigenvalue weighted by atomic mass is 32.2. The van der Waals surface area contributed by atoms with E-state index in [1.165, 1.54) is 11.8 Å². The third-order valence-corrected chi connectivity index (χ3v) is 7.41. The van der Waals surface area contributed by atoms with E-state index in [0.29, 0.717) is 23.0 Å². The van der Waals surface area contributed by atoms with Crippen LogP contribution in [-0.4, -0.2) is 26.2 Å². The molecule has 1 N–H and O–H groups in total. The molecule has 1 unspecified atom stereocenters. The van der Waals surface area contributed by atoms with Crippen molar-refractivity contribution in [3.63, 3.8) is 0 Å². The molecule has 0 spiro atoms. The Balaban J connectivity index is 1.42. The molecule has 1 aromatic carbocycles. The van der Waals surface area contributed by atoms with E-state index in [2.05, 4.69) is 15.3 Å². The summed E-state index contributed by atoms with van der Waals surface area (Å²) in [6.45, 7) is 6.04. The molecule has 0 bridgehead atoms. The lowest BCUT2D eigenvalue weighted by molar-refractivity contribution is -0.121. The highest BCUT2D eigenvalue weighted by molar-refractivity contribution is 7.99. The Bertz CT molecular complexity index is 1120. The molecule has 0 saturated heterocycles. The molecule has 0 saturated carbocycles. The van der Waals surface area contributed by atoms with Crippen LogP contribution in [0.1, 0.15) is 34.3 Å². The minimum atomic E-state index is -0.156. The van der Waals surface area contributed by atoms with Gasteiger partial charge < -0.3 is 5.32 Å². The maximum absolute atomic E-state index is 12.6. The molecule has 1 aliphatic rings. The largest absolute Gasteiger partial charge is 0.351 e. The molecule has 6 nitrogen and oxygen atoms in total. The number of amides is 1. The number of fused-ring (bicyclic) bond motifs is 1. The molecule has 0 radical (unpaired) electrons. The molecule has 8 heteroatoms. The third-order valence-electron chi connectivity index (χ3n) is 5.10. The van der Waals surface area contributed by atoms with Crippen molar-refractivity contribution in [1.82, 2.24) is 19.9 Å². The van der Waals surface area contributed by atoms with Gasteiger partial charge in [-0.1, -0.05) is 42.1 Å². The quantitative estimate of drug-likeness (QED) is 0.630. The first-order chi connectivity index (χ1) is 13.9. The minimum absolute atomic E-state index is 0.0406. The zero-order chi connectivity index (χ0) is 20.5. The van der Waals surface area contributed by atoms with Gasteiger partial charge in [-0.05, 0) is 20.8 Å². The summed E-state index contributed by atoms with van der Waals surface area (Å²) in [6.07, 6.45) is 0.271. The van der Waals surface area contributed by atoms with Crippen LogP contribution in [0.3, 0.4) is 0 Å². The fourth-order valence-corrected chi connectivity index (χ4v) is 5.47. The maximum atomic E-state index is 12.6. The summed E-state index contributed by atoms with van der Waals surface area (Å²) in [4.78, 5) is 35.3. The van der Waals surface area contributed by atoms with E-state index in [-0.39, 0.29) is 23.9 Å². The number of carbonyl (C=O) groups is 1. The second-order valence-electron chi connectivity index (χ2n) is 7.12. The minimum Gasteiger partial charge on any atom is -0.351 e. The van der Waals surface area contributed by atoms with Crippen molar-refractivity contribution in [3.05, 3.63) is 62.5 Å². The van der Waals surface area contributed by atoms with Crippen LogP contribution in [0.25, 0.3) is 10.6 Å². The van der Waals surface area contributed by atoms with E-state index in [1.807, 2.05) is 44.2 Å². The fourth-order valence-electron chi connectivity index (χ4n) is 3.28. The van der Waals surface area contributed by atoms with Crippen molar-refractivity contribution < 1.29 is 4.79 Å². The van der Waals surface area contributed by atoms with E-state index in [9.17, 15) is 9.59 Å². The van der Waals surface area contributed by atoms with E-state index < -0.39 is 0 Å². The summed E-state index contributed by atoms with van der Waals surface area (Å²) in [7, 11) is 0. The normalized spacial score (nSPS) is 15.3. The van der Waals surface area contributed by atoms with E-state index >= 15 is 0 Å². The lowest BCUT2D eigenvalue weighted by Crippen LogP contribution is -2.31. The second-order valence-corrected chi connectivity index (χ2v) is 9.19. The van der Waals surface area contributed by atoms with Gasteiger partial charge in [0.25, 0.3) is 5.56 Å². The average Bonchev–Trinajstić information content (AvgIpc) is 3.28. The van der Waals surface area contributed by atoms with Gasteiger partial charge in [-0.15, -0.1) is 11.3 Å². The Labute approximate surface area is 177 Å². The number of nitrogens with one attached hydrogen (secondary N) is 1. The topological polar surface area (TPSA) is 76.9 Å². The predicted molar refractivity (Wildman–Crippen MR) is 116 cm³/mol. The monoisotopic (exact) mass is 426 g/mol. The van der Waals surface area contributed by atoms with Crippen molar-refractivity contribution >= 4 is 29.0 Å². The summed E-state index contributed by atoms with van der Waals surface area (Å²) >= 11 is 3.13. The van der Waals surface area contributed by atoms with Crippen LogP contribution in [-0.2, 0) is 11.3 Å². The molecule has 29 heavy (non-hydrogen) atoms. The van der Waals surface area contributed by atoms with Gasteiger partial charge in [0, 0.05) is 33.9 Å². The lowest BCUT2D eigenvalue weighted by atomic mass is 10.2. The van der Waals surface area contributed by atoms with Crippen molar-refractivity contribution in [3.8, 4) is 10.6 Å². The summed E-state index contributed by atoms with van der Waals surface area (Å²) in [5, 5.41) is 4.66. The number of benzene rings is 1. The van der Waals surface area contributed by atoms with Crippen LogP contribution in [0.15, 0.2) is 40.3 Å². The Morgan fingerprint density at radius 3 is 2.69 bits per heavy atom. The van der Waals surface area contributed by atoms with Gasteiger partial charge in [0.1, 0.15) is 5.01 Å². The van der Waals surface area contributed by atoms with Crippen molar-refractivity contribution in [2.45, 2.75) is 44.9 Å². The first-order valence-corrected chi connectivity index (χ1v) is 11.2. The first-order valence-electron chi connectivity index (χ1n) is 9.45. The zero-order valence-corrected chi connectivity index (χ0v) is 18.2. The average molecular weight is 427 g/mol. The van der Waals surface area contributed by atoms with Crippen LogP contribution in [0.5, 0.6) is 0 Å². The lowest BCUT2D eigenvalue weighted by Gasteiger charge is -2.14. The standard InChI is InChI=1S/C21H22N4O2S2/c1-12-13(2)24-21-25(20(12)27)16(11-28-21)9-18(26)22-10-17-14(3)23-19(29-17)15-7-5-4-6-8-15/h4-8,16H,9-11H2,1-3H3,(H,22,26). The number of hydrogen-bond acceptors (Lipinski definition) is 6. The van der Waals surface area contributed by atoms with Gasteiger partial charge >= 0.3 is 0 Å². The Morgan fingerprint density at radius 1 is 1.17 bits per heavy atom. The molecule has 1 aliphatic heterocycles. The molecule has 3 aromatic rings. The molecule has 1 amide bonds. The summed E-state index contributed by atoms with van der Waals surface area (Å²) in [5.41, 5.74) is 3.38. The van der Waals surface area contributed by atoms with E-state index in [0.717, 1.165) is 26.8 Å². The molecule has 4 rings (SSSR count). The van der Waals surface area contributed by atoms with Gasteiger partial charge in [0.05, 0.1) is 18.3 Å². The highest BCUT2D eigenvalue weighted by Crippen LogP contribution is 2.32. The summed E-state index contributed by atoms with van der Waals surface area (Å²) in [6, 6.07) is 9.87. The number of aryl methyl sites for hydroxylation is 2. The fraction of sp³-hybridized carbons (Fsp3) is 0.333. The number of thioether (sulfide) groups is 1. The van der Waals surface area contributed by atoms with Crippen LogP contribution in [0, 0.1) is 20.8 Å². The summed E-state index contributed by atoms with van der Waals surface area (Å²) < 4.78 is 1.68. The Hall–Kier alpha value is -2.45. The number of carbonyl (C=O) groups excluding carboxylic acids is 1. The second kappa shape index (κ2) is 8.12. The Morgan fingerprint density at radius 2 is 1.93 bits per heavy atom. The maximum Gasteiger partial charge on any atom is 0.257 e. The highest BCUT2D eigenvalue weighted by Gasteiger charge is 2.28. The van der Waals surface area contributed by atoms with Crippen molar-refractivity contribution in [2.75, 3.05) is 5.75 Å². The number of thiazole rings is 1. The number of aromatic nitrogens is 3. The Kier molecular flexibility index (Phi) is 5.56. The van der Waals surface area contributed by atoms with Gasteiger partial charge in [-0.3, -0.25) is 14.2 Å². The SMILES string of the molecule is Cc1nc(-c2ccccc2)sc1CNC(=O)CC1CSc2nc(C)c(C)c(=O)n21. The van der Waals surface area contributed by atoms with Crippen molar-refractivity contribution in [1.29, 1.82) is 0 Å². The van der Waals surface area contributed by atoms with Crippen molar-refractivity contribution in [2.24, 2.45) is 0 Å². The molecule has 0 fully saturated rings. The zero-order valence-electron chi connectivity index (χ0n) is 16.6. The van der Waals surface area contributed by atoms with Crippen LogP contribution < -0.4 is 10.9 Å². The van der Waals surface area contributed by atoms with E-state index in [1.54, 1.807) is 22.8 Å². The smallest absolute Gasteiger partial charge is 0.257 e. The molecule has 2 aromatic heterocycles. The molecule has 150 valence electrons. The van der Waals surface area contributed by atoms with Gasteiger partial charge in [0.2, 0.25) is 5.91 Å². The van der Waals surface area contributed by atoms with Gasteiger partial charge in [0.15, 0.2) is 5.16 Å². The molecular formula is C21H22N4O2S2. The number of nitrogens with zero attached hydrogens (tertiary/aromatic N) is 3. The molecule has 1 atom stereocenters. The third kappa shape index (κ3) is 4.00. The molecule has 0 aliphatic carbocycles. The molecular weight excluding hydrogens is 404 g/mol. The first kappa shape index (κ1) is 19.8.